The number of esters is 1. The lowest BCUT2D eigenvalue weighted by Gasteiger charge is -2.06. The lowest BCUT2D eigenvalue weighted by Crippen LogP contribution is -2.09. The molecule has 0 amide bonds. The minimum absolute atomic E-state index is 0.139. The molecular weight excluding hydrogens is 352 g/mol. The number of carbonyl (C=O) groups is 1. The molecule has 2 aromatic heterocycles. The van der Waals surface area contributed by atoms with E-state index in [2.05, 4.69) is 19.9 Å². The Morgan fingerprint density at radius 2 is 1.96 bits per heavy atom. The van der Waals surface area contributed by atoms with Crippen molar-refractivity contribution in [3.63, 3.8) is 0 Å². The fraction of sp³-hybridized carbons (Fsp3) is 0.222. The SMILES string of the molecule is CCOC(=O)c1[nH]c(=O)[nH]c1CSc1nc(C)cc(-c2ccccc2)n1. The van der Waals surface area contributed by atoms with Crippen molar-refractivity contribution in [3.8, 4) is 11.3 Å². The Bertz CT molecular complexity index is 966. The molecule has 0 spiro atoms. The second kappa shape index (κ2) is 8.01. The van der Waals surface area contributed by atoms with Crippen molar-refractivity contribution in [1.82, 2.24) is 19.9 Å². The number of H-pyrrole nitrogens is 2. The average molecular weight is 370 g/mol. The first-order valence-electron chi connectivity index (χ1n) is 8.09. The Hall–Kier alpha value is -2.87. The number of carbonyl (C=O) groups excluding carboxylic acids is 1. The van der Waals surface area contributed by atoms with Gasteiger partial charge in [-0.25, -0.2) is 19.6 Å². The van der Waals surface area contributed by atoms with E-state index in [4.69, 9.17) is 4.74 Å². The monoisotopic (exact) mass is 370 g/mol. The highest BCUT2D eigenvalue weighted by Crippen LogP contribution is 2.24. The number of thioether (sulfide) groups is 1. The third kappa shape index (κ3) is 4.20. The summed E-state index contributed by atoms with van der Waals surface area (Å²) in [6.45, 7) is 3.85. The van der Waals surface area contributed by atoms with Crippen LogP contribution in [0.4, 0.5) is 0 Å². The molecule has 2 heterocycles. The van der Waals surface area contributed by atoms with Gasteiger partial charge in [0.05, 0.1) is 18.0 Å². The van der Waals surface area contributed by atoms with Crippen molar-refractivity contribution in [1.29, 1.82) is 0 Å². The highest BCUT2D eigenvalue weighted by atomic mass is 32.2. The Balaban J connectivity index is 1.82. The van der Waals surface area contributed by atoms with Crippen LogP contribution in [-0.2, 0) is 10.5 Å². The molecule has 3 rings (SSSR count). The third-order valence-corrected chi connectivity index (χ3v) is 4.41. The summed E-state index contributed by atoms with van der Waals surface area (Å²) in [6.07, 6.45) is 0. The number of hydrogen-bond donors (Lipinski definition) is 2. The highest BCUT2D eigenvalue weighted by molar-refractivity contribution is 7.98. The van der Waals surface area contributed by atoms with Gasteiger partial charge in [0.2, 0.25) is 0 Å². The van der Waals surface area contributed by atoms with E-state index >= 15 is 0 Å². The van der Waals surface area contributed by atoms with Crippen LogP contribution in [0.5, 0.6) is 0 Å². The average Bonchev–Trinajstić information content (AvgIpc) is 3.01. The molecule has 0 radical (unpaired) electrons. The molecule has 26 heavy (non-hydrogen) atoms. The van der Waals surface area contributed by atoms with Crippen LogP contribution in [0.1, 0.15) is 28.8 Å². The van der Waals surface area contributed by atoms with Crippen LogP contribution in [0.2, 0.25) is 0 Å². The van der Waals surface area contributed by atoms with Crippen molar-refractivity contribution in [2.24, 2.45) is 0 Å². The number of rotatable bonds is 6. The molecule has 8 heteroatoms. The molecule has 0 aliphatic carbocycles. The lowest BCUT2D eigenvalue weighted by atomic mass is 10.1. The van der Waals surface area contributed by atoms with Crippen LogP contribution in [0.3, 0.4) is 0 Å². The predicted molar refractivity (Wildman–Crippen MR) is 99.1 cm³/mol. The van der Waals surface area contributed by atoms with Crippen molar-refractivity contribution in [3.05, 3.63) is 64.0 Å². The van der Waals surface area contributed by atoms with Crippen LogP contribution >= 0.6 is 11.8 Å². The van der Waals surface area contributed by atoms with E-state index in [1.54, 1.807) is 6.92 Å². The topological polar surface area (TPSA) is 101 Å². The normalized spacial score (nSPS) is 10.7. The van der Waals surface area contributed by atoms with Gasteiger partial charge in [-0.2, -0.15) is 0 Å². The summed E-state index contributed by atoms with van der Waals surface area (Å²) in [4.78, 5) is 37.6. The predicted octanol–water partition coefficient (Wildman–Crippen LogP) is 2.94. The molecule has 0 bridgehead atoms. The minimum atomic E-state index is -0.559. The molecule has 0 atom stereocenters. The number of hydrogen-bond acceptors (Lipinski definition) is 6. The Labute approximate surface area is 154 Å². The molecule has 0 aliphatic heterocycles. The molecule has 0 unspecified atom stereocenters. The van der Waals surface area contributed by atoms with E-state index in [0.29, 0.717) is 16.6 Å². The summed E-state index contributed by atoms with van der Waals surface area (Å²) in [5.41, 5.74) is 2.83. The number of nitrogens with one attached hydrogen (secondary N) is 2. The summed E-state index contributed by atoms with van der Waals surface area (Å²) >= 11 is 1.34. The molecule has 0 aliphatic rings. The number of aryl methyl sites for hydroxylation is 1. The summed E-state index contributed by atoms with van der Waals surface area (Å²) in [7, 11) is 0. The van der Waals surface area contributed by atoms with Gasteiger partial charge in [-0.15, -0.1) is 0 Å². The quantitative estimate of drug-likeness (QED) is 0.393. The van der Waals surface area contributed by atoms with Gasteiger partial charge in [0.25, 0.3) is 0 Å². The maximum atomic E-state index is 11.9. The van der Waals surface area contributed by atoms with Gasteiger partial charge in [0.15, 0.2) is 5.16 Å². The summed E-state index contributed by atoms with van der Waals surface area (Å²) in [5, 5.41) is 0.570. The van der Waals surface area contributed by atoms with Gasteiger partial charge in [-0.3, -0.25) is 4.98 Å². The second-order valence-electron chi connectivity index (χ2n) is 5.48. The fourth-order valence-corrected chi connectivity index (χ4v) is 3.27. The Morgan fingerprint density at radius 3 is 2.69 bits per heavy atom. The Kier molecular flexibility index (Phi) is 5.52. The fourth-order valence-electron chi connectivity index (χ4n) is 2.40. The van der Waals surface area contributed by atoms with Crippen molar-refractivity contribution in [2.75, 3.05) is 6.61 Å². The minimum Gasteiger partial charge on any atom is -0.461 e. The molecule has 134 valence electrons. The maximum absolute atomic E-state index is 11.9. The number of ether oxygens (including phenoxy) is 1. The van der Waals surface area contributed by atoms with E-state index in [9.17, 15) is 9.59 Å². The van der Waals surface area contributed by atoms with Crippen LogP contribution in [0, 0.1) is 6.92 Å². The molecule has 0 saturated heterocycles. The number of aromatic amines is 2. The van der Waals surface area contributed by atoms with E-state index in [1.165, 1.54) is 11.8 Å². The van der Waals surface area contributed by atoms with Gasteiger partial charge in [0, 0.05) is 17.0 Å². The zero-order chi connectivity index (χ0) is 18.5. The zero-order valence-corrected chi connectivity index (χ0v) is 15.2. The molecule has 2 N–H and O–H groups in total. The zero-order valence-electron chi connectivity index (χ0n) is 14.4. The van der Waals surface area contributed by atoms with Gasteiger partial charge >= 0.3 is 11.7 Å². The largest absolute Gasteiger partial charge is 0.461 e. The number of nitrogens with zero attached hydrogens (tertiary/aromatic N) is 2. The van der Waals surface area contributed by atoms with Crippen LogP contribution in [-0.4, -0.2) is 32.5 Å². The van der Waals surface area contributed by atoms with Gasteiger partial charge in [-0.05, 0) is 19.9 Å². The molecule has 1 aromatic carbocycles. The first kappa shape index (κ1) is 17.9. The number of benzene rings is 1. The van der Waals surface area contributed by atoms with Crippen LogP contribution < -0.4 is 5.69 Å². The third-order valence-electron chi connectivity index (χ3n) is 3.53. The summed E-state index contributed by atoms with van der Waals surface area (Å²) in [5.74, 6) is -0.221. The standard InChI is InChI=1S/C18H18N4O3S/c1-3-25-16(23)15-14(20-17(24)22-15)10-26-18-19-11(2)9-13(21-18)12-7-5-4-6-8-12/h4-9H,3,10H2,1-2H3,(H2,20,22,24). The number of imidazole rings is 1. The molecule has 0 saturated carbocycles. The summed E-state index contributed by atoms with van der Waals surface area (Å²) < 4.78 is 4.96. The summed E-state index contributed by atoms with van der Waals surface area (Å²) in [6, 6.07) is 11.7. The highest BCUT2D eigenvalue weighted by Gasteiger charge is 2.17. The van der Waals surface area contributed by atoms with Crippen LogP contribution in [0.15, 0.2) is 46.3 Å². The molecule has 3 aromatic rings. The first-order valence-corrected chi connectivity index (χ1v) is 9.07. The maximum Gasteiger partial charge on any atom is 0.356 e. The number of aromatic nitrogens is 4. The van der Waals surface area contributed by atoms with Gasteiger partial charge in [0.1, 0.15) is 5.69 Å². The van der Waals surface area contributed by atoms with E-state index in [1.807, 2.05) is 43.3 Å². The smallest absolute Gasteiger partial charge is 0.356 e. The van der Waals surface area contributed by atoms with Crippen LogP contribution in [0.25, 0.3) is 11.3 Å². The van der Waals surface area contributed by atoms with E-state index < -0.39 is 11.7 Å². The molecular formula is C18H18N4O3S. The van der Waals surface area contributed by atoms with Gasteiger partial charge in [-0.1, -0.05) is 42.1 Å². The second-order valence-corrected chi connectivity index (χ2v) is 6.43. The van der Waals surface area contributed by atoms with Crippen molar-refractivity contribution >= 4 is 17.7 Å². The molecule has 7 nitrogen and oxygen atoms in total. The van der Waals surface area contributed by atoms with Gasteiger partial charge < -0.3 is 9.72 Å². The lowest BCUT2D eigenvalue weighted by molar-refractivity contribution is 0.0519. The van der Waals surface area contributed by atoms with Crippen molar-refractivity contribution < 1.29 is 9.53 Å². The molecule has 0 fully saturated rings. The van der Waals surface area contributed by atoms with E-state index in [-0.39, 0.29) is 12.3 Å². The Morgan fingerprint density at radius 1 is 1.19 bits per heavy atom. The van der Waals surface area contributed by atoms with Crippen molar-refractivity contribution in [2.45, 2.75) is 24.8 Å². The van der Waals surface area contributed by atoms with E-state index in [0.717, 1.165) is 17.0 Å². The first-order chi connectivity index (χ1) is 12.6.